The first kappa shape index (κ1) is 11.0. The van der Waals surface area contributed by atoms with Gasteiger partial charge in [0.2, 0.25) is 0 Å². The summed E-state index contributed by atoms with van der Waals surface area (Å²) in [5.74, 6) is 0. The molecule has 13 heavy (non-hydrogen) atoms. The summed E-state index contributed by atoms with van der Waals surface area (Å²) in [7, 11) is 0. The minimum Gasteiger partial charge on any atom is -0.372 e. The van der Waals surface area contributed by atoms with Gasteiger partial charge in [0, 0.05) is 13.1 Å². The van der Waals surface area contributed by atoms with Gasteiger partial charge in [0.25, 0.3) is 0 Å². The summed E-state index contributed by atoms with van der Waals surface area (Å²) in [6.07, 6.45) is 5.07. The Bertz CT molecular complexity index is 126. The highest BCUT2D eigenvalue weighted by atomic mass is 16.5. The second-order valence-electron chi connectivity index (χ2n) is 3.66. The summed E-state index contributed by atoms with van der Waals surface area (Å²) in [6, 6.07) is 0. The molecule has 2 heterocycles. The summed E-state index contributed by atoms with van der Waals surface area (Å²) in [5, 5.41) is 0. The predicted molar refractivity (Wildman–Crippen MR) is 56.0 cm³/mol. The van der Waals surface area contributed by atoms with Gasteiger partial charge >= 0.3 is 0 Å². The third-order valence-corrected chi connectivity index (χ3v) is 2.81. The van der Waals surface area contributed by atoms with Gasteiger partial charge in [0.05, 0.1) is 12.2 Å². The molecular formula is C11H23NO. The quantitative estimate of drug-likeness (QED) is 0.621. The Morgan fingerprint density at radius 2 is 1.69 bits per heavy atom. The molecule has 0 aromatic carbocycles. The Morgan fingerprint density at radius 3 is 2.15 bits per heavy atom. The number of hydrogen-bond acceptors (Lipinski definition) is 2. The molecule has 2 atom stereocenters. The third kappa shape index (κ3) is 2.96. The smallest absolute Gasteiger partial charge is 0.0706 e. The maximum absolute atomic E-state index is 5.81. The Morgan fingerprint density at radius 1 is 1.15 bits per heavy atom. The first-order valence-corrected chi connectivity index (χ1v) is 5.76. The zero-order valence-corrected chi connectivity index (χ0v) is 9.25. The highest BCUT2D eigenvalue weighted by molar-refractivity contribution is 4.81. The van der Waals surface area contributed by atoms with Gasteiger partial charge in [-0.15, -0.1) is 0 Å². The number of ether oxygens (including phenoxy) is 1. The molecule has 0 spiro atoms. The van der Waals surface area contributed by atoms with E-state index in [1.54, 1.807) is 0 Å². The second kappa shape index (κ2) is 5.61. The molecule has 0 radical (unpaired) electrons. The molecule has 0 N–H and O–H groups in total. The van der Waals surface area contributed by atoms with Crippen molar-refractivity contribution in [2.24, 2.45) is 0 Å². The minimum absolute atomic E-state index is 0.558. The molecule has 0 aliphatic carbocycles. The van der Waals surface area contributed by atoms with Crippen LogP contribution in [-0.4, -0.2) is 36.7 Å². The van der Waals surface area contributed by atoms with Gasteiger partial charge in [-0.2, -0.15) is 0 Å². The van der Waals surface area contributed by atoms with E-state index in [9.17, 15) is 0 Å². The van der Waals surface area contributed by atoms with Crippen molar-refractivity contribution in [3.63, 3.8) is 0 Å². The van der Waals surface area contributed by atoms with Gasteiger partial charge in [-0.3, -0.25) is 4.90 Å². The average molecular weight is 185 g/mol. The number of hydrogen-bond donors (Lipinski definition) is 0. The SMILES string of the molecule is CC.CCN1CC2CCCC(C1)O2. The van der Waals surface area contributed by atoms with Crippen molar-refractivity contribution in [3.05, 3.63) is 0 Å². The number of likely N-dealkylation sites (N-methyl/N-ethyl adjacent to an activating group) is 1. The Hall–Kier alpha value is -0.0800. The third-order valence-electron chi connectivity index (χ3n) is 2.81. The van der Waals surface area contributed by atoms with Gasteiger partial charge in [0.15, 0.2) is 0 Å². The van der Waals surface area contributed by atoms with E-state index < -0.39 is 0 Å². The number of rotatable bonds is 1. The highest BCUT2D eigenvalue weighted by Gasteiger charge is 2.29. The van der Waals surface area contributed by atoms with Gasteiger partial charge in [0.1, 0.15) is 0 Å². The van der Waals surface area contributed by atoms with Crippen LogP contribution in [0, 0.1) is 0 Å². The number of morpholine rings is 1. The lowest BCUT2D eigenvalue weighted by atomic mass is 10.00. The summed E-state index contributed by atoms with van der Waals surface area (Å²) in [5.41, 5.74) is 0. The lowest BCUT2D eigenvalue weighted by Crippen LogP contribution is -2.49. The number of fused-ring (bicyclic) bond motifs is 2. The van der Waals surface area contributed by atoms with Gasteiger partial charge in [-0.1, -0.05) is 20.8 Å². The fourth-order valence-electron chi connectivity index (χ4n) is 2.16. The van der Waals surface area contributed by atoms with Crippen molar-refractivity contribution < 1.29 is 4.74 Å². The van der Waals surface area contributed by atoms with Crippen LogP contribution in [0.1, 0.15) is 40.0 Å². The summed E-state index contributed by atoms with van der Waals surface area (Å²) >= 11 is 0. The lowest BCUT2D eigenvalue weighted by molar-refractivity contribution is -0.112. The van der Waals surface area contributed by atoms with E-state index in [4.69, 9.17) is 4.74 Å². The number of nitrogens with zero attached hydrogens (tertiary/aromatic N) is 1. The predicted octanol–water partition coefficient (Wildman–Crippen LogP) is 2.29. The first-order valence-electron chi connectivity index (χ1n) is 5.76. The van der Waals surface area contributed by atoms with Crippen molar-refractivity contribution in [1.82, 2.24) is 4.90 Å². The topological polar surface area (TPSA) is 12.5 Å². The van der Waals surface area contributed by atoms with Crippen LogP contribution >= 0.6 is 0 Å². The van der Waals surface area contributed by atoms with Crippen molar-refractivity contribution >= 4 is 0 Å². The fraction of sp³-hybridized carbons (Fsp3) is 1.00. The lowest BCUT2D eigenvalue weighted by Gasteiger charge is -2.41. The van der Waals surface area contributed by atoms with Crippen LogP contribution in [0.3, 0.4) is 0 Å². The van der Waals surface area contributed by atoms with Crippen LogP contribution < -0.4 is 0 Å². The van der Waals surface area contributed by atoms with Crippen molar-refractivity contribution in [3.8, 4) is 0 Å². The number of likely N-dealkylation sites (tertiary alicyclic amines) is 1. The molecule has 2 rings (SSSR count). The van der Waals surface area contributed by atoms with E-state index in [2.05, 4.69) is 11.8 Å². The van der Waals surface area contributed by atoms with Crippen LogP contribution in [0.15, 0.2) is 0 Å². The molecule has 0 amide bonds. The Labute approximate surface area is 82.3 Å². The van der Waals surface area contributed by atoms with Gasteiger partial charge in [-0.05, 0) is 25.8 Å². The molecule has 2 fully saturated rings. The van der Waals surface area contributed by atoms with Crippen LogP contribution in [0.5, 0.6) is 0 Å². The first-order chi connectivity index (χ1) is 6.38. The normalized spacial score (nSPS) is 33.5. The molecule has 2 aliphatic rings. The standard InChI is InChI=1S/C9H17NO.C2H6/c1-2-10-6-8-4-3-5-9(7-10)11-8;1-2/h8-9H,2-7H2,1H3;1-2H3. The Balaban J connectivity index is 0.000000396. The summed E-state index contributed by atoms with van der Waals surface area (Å²) in [4.78, 5) is 2.51. The maximum Gasteiger partial charge on any atom is 0.0706 e. The molecule has 2 saturated heterocycles. The zero-order valence-electron chi connectivity index (χ0n) is 9.25. The van der Waals surface area contributed by atoms with Crippen molar-refractivity contribution in [2.45, 2.75) is 52.2 Å². The van der Waals surface area contributed by atoms with Crippen LogP contribution in [0.25, 0.3) is 0 Å². The average Bonchev–Trinajstić information content (AvgIpc) is 2.20. The highest BCUT2D eigenvalue weighted by Crippen LogP contribution is 2.24. The fourth-order valence-corrected chi connectivity index (χ4v) is 2.16. The molecule has 0 aromatic rings. The van der Waals surface area contributed by atoms with E-state index in [-0.39, 0.29) is 0 Å². The van der Waals surface area contributed by atoms with Gasteiger partial charge < -0.3 is 4.74 Å². The molecule has 78 valence electrons. The van der Waals surface area contributed by atoms with E-state index in [1.807, 2.05) is 13.8 Å². The zero-order chi connectivity index (χ0) is 9.68. The Kier molecular flexibility index (Phi) is 4.74. The summed E-state index contributed by atoms with van der Waals surface area (Å²) < 4.78 is 5.81. The molecule has 0 saturated carbocycles. The molecule has 2 unspecified atom stereocenters. The van der Waals surface area contributed by atoms with E-state index >= 15 is 0 Å². The largest absolute Gasteiger partial charge is 0.372 e. The maximum atomic E-state index is 5.81. The van der Waals surface area contributed by atoms with Gasteiger partial charge in [-0.25, -0.2) is 0 Å². The molecule has 0 aromatic heterocycles. The van der Waals surface area contributed by atoms with E-state index in [0.717, 1.165) is 0 Å². The summed E-state index contributed by atoms with van der Waals surface area (Å²) in [6.45, 7) is 9.78. The molecule has 2 bridgehead atoms. The van der Waals surface area contributed by atoms with Crippen molar-refractivity contribution in [1.29, 1.82) is 0 Å². The molecular weight excluding hydrogens is 162 g/mol. The van der Waals surface area contributed by atoms with E-state index in [0.29, 0.717) is 12.2 Å². The molecule has 2 heteroatoms. The second-order valence-corrected chi connectivity index (χ2v) is 3.66. The molecule has 2 aliphatic heterocycles. The van der Waals surface area contributed by atoms with Crippen molar-refractivity contribution in [2.75, 3.05) is 19.6 Å². The minimum atomic E-state index is 0.558. The monoisotopic (exact) mass is 185 g/mol. The van der Waals surface area contributed by atoms with E-state index in [1.165, 1.54) is 38.9 Å². The molecule has 2 nitrogen and oxygen atoms in total. The van der Waals surface area contributed by atoms with Crippen LogP contribution in [-0.2, 0) is 4.74 Å². The van der Waals surface area contributed by atoms with Crippen LogP contribution in [0.4, 0.5) is 0 Å². The van der Waals surface area contributed by atoms with Crippen LogP contribution in [0.2, 0.25) is 0 Å².